The van der Waals surface area contributed by atoms with E-state index in [-0.39, 0.29) is 23.6 Å². The molecule has 5 rings (SSSR count). The molecule has 3 aromatic heterocycles. The molecule has 1 saturated heterocycles. The molecule has 1 aliphatic heterocycles. The summed E-state index contributed by atoms with van der Waals surface area (Å²) in [5, 5.41) is 9.64. The number of likely N-dealkylation sites (N-methyl/N-ethyl adjacent to an activating group) is 1. The number of halogens is 3. The first-order valence-corrected chi connectivity index (χ1v) is 14.2. The summed E-state index contributed by atoms with van der Waals surface area (Å²) in [7, 11) is 3.78. The van der Waals surface area contributed by atoms with Crippen LogP contribution in [-0.2, 0) is 12.7 Å². The van der Waals surface area contributed by atoms with Crippen LogP contribution in [-0.4, -0.2) is 82.2 Å². The van der Waals surface area contributed by atoms with E-state index in [0.717, 1.165) is 37.1 Å². The van der Waals surface area contributed by atoms with Gasteiger partial charge in [-0.15, -0.1) is 5.10 Å². The minimum atomic E-state index is -4.56. The number of urea groups is 1. The number of fused-ring (bicyclic) bond motifs is 1. The number of hydrogen-bond donors (Lipinski definition) is 2. The van der Waals surface area contributed by atoms with Crippen LogP contribution >= 0.6 is 0 Å². The number of aryl methyl sites for hydroxylation is 1. The van der Waals surface area contributed by atoms with E-state index in [2.05, 4.69) is 49.4 Å². The molecule has 0 saturated carbocycles. The van der Waals surface area contributed by atoms with Crippen molar-refractivity contribution >= 4 is 29.0 Å². The fourth-order valence-electron chi connectivity index (χ4n) is 4.88. The smallest absolute Gasteiger partial charge is 0.361 e. The van der Waals surface area contributed by atoms with Crippen LogP contribution in [0.4, 0.5) is 35.3 Å². The number of nitrogens with zero attached hydrogens (tertiary/aromatic N) is 7. The number of imidazole rings is 1. The van der Waals surface area contributed by atoms with Gasteiger partial charge in [-0.2, -0.15) is 13.2 Å². The van der Waals surface area contributed by atoms with Crippen molar-refractivity contribution in [2.45, 2.75) is 26.6 Å². The normalized spacial score (nSPS) is 14.2. The van der Waals surface area contributed by atoms with Crippen LogP contribution in [0.1, 0.15) is 34.9 Å². The minimum Gasteiger partial charge on any atom is -0.361 e. The first-order chi connectivity index (χ1) is 21.0. The SMILES string of the molecule is CCN1CCN(Cc2ccc(NC(=O)Nc3cc(C#Cc4cnc5ccc(N(C)C)nn45)c(C)cn3)cc2C(F)(F)F)CC1. The second-order valence-electron chi connectivity index (χ2n) is 10.8. The number of piperazine rings is 1. The van der Waals surface area contributed by atoms with Crippen molar-refractivity contribution in [1.29, 1.82) is 0 Å². The van der Waals surface area contributed by atoms with Gasteiger partial charge in [0.1, 0.15) is 17.3 Å². The van der Waals surface area contributed by atoms with Gasteiger partial charge in [0.25, 0.3) is 0 Å². The molecule has 4 heterocycles. The van der Waals surface area contributed by atoms with Gasteiger partial charge in [-0.1, -0.05) is 18.9 Å². The highest BCUT2D eigenvalue weighted by Crippen LogP contribution is 2.34. The predicted octanol–water partition coefficient (Wildman–Crippen LogP) is 4.70. The van der Waals surface area contributed by atoms with Crippen molar-refractivity contribution in [2.24, 2.45) is 0 Å². The van der Waals surface area contributed by atoms with Crippen LogP contribution in [0.2, 0.25) is 0 Å². The van der Waals surface area contributed by atoms with Gasteiger partial charge in [-0.25, -0.2) is 19.3 Å². The molecule has 4 aromatic rings. The standard InChI is InChI=1S/C31H34F3N9O/c1-5-41-12-14-42(15-13-41)20-23-6-8-24(17-26(23)31(32,33)34)37-30(44)38-27-16-22(21(2)18-35-27)7-9-25-19-36-28-10-11-29(40(3)4)39-43(25)28/h6,8,10-11,16-19H,5,12-15,20H2,1-4H3,(H2,35,37,38,44). The molecular weight excluding hydrogens is 571 g/mol. The highest BCUT2D eigenvalue weighted by molar-refractivity contribution is 5.99. The van der Waals surface area contributed by atoms with E-state index in [9.17, 15) is 18.0 Å². The van der Waals surface area contributed by atoms with Gasteiger partial charge in [0.05, 0.1) is 11.8 Å². The molecule has 1 fully saturated rings. The lowest BCUT2D eigenvalue weighted by atomic mass is 10.0. The zero-order chi connectivity index (χ0) is 31.4. The minimum absolute atomic E-state index is 0.0266. The summed E-state index contributed by atoms with van der Waals surface area (Å²) < 4.78 is 43.6. The molecule has 2 amide bonds. The molecular formula is C31H34F3N9O. The van der Waals surface area contributed by atoms with Gasteiger partial charge >= 0.3 is 12.2 Å². The maximum atomic E-state index is 14.0. The monoisotopic (exact) mass is 605 g/mol. The number of amides is 2. The van der Waals surface area contributed by atoms with E-state index >= 15 is 0 Å². The highest BCUT2D eigenvalue weighted by Gasteiger charge is 2.34. The summed E-state index contributed by atoms with van der Waals surface area (Å²) in [6.07, 6.45) is -1.37. The fraction of sp³-hybridized carbons (Fsp3) is 0.355. The van der Waals surface area contributed by atoms with Crippen molar-refractivity contribution in [1.82, 2.24) is 29.4 Å². The Hall–Kier alpha value is -4.67. The first-order valence-electron chi connectivity index (χ1n) is 14.2. The van der Waals surface area contributed by atoms with Gasteiger partial charge in [0.2, 0.25) is 0 Å². The molecule has 2 N–H and O–H groups in total. The molecule has 230 valence electrons. The van der Waals surface area contributed by atoms with E-state index < -0.39 is 17.8 Å². The lowest BCUT2D eigenvalue weighted by molar-refractivity contribution is -0.138. The Bertz CT molecular complexity index is 1710. The summed E-state index contributed by atoms with van der Waals surface area (Å²) >= 11 is 0. The zero-order valence-electron chi connectivity index (χ0n) is 25.0. The summed E-state index contributed by atoms with van der Waals surface area (Å²) in [5.41, 5.74) is 2.06. The lowest BCUT2D eigenvalue weighted by Crippen LogP contribution is -2.45. The lowest BCUT2D eigenvalue weighted by Gasteiger charge is -2.34. The largest absolute Gasteiger partial charge is 0.416 e. The number of hydrogen-bond acceptors (Lipinski definition) is 7. The zero-order valence-corrected chi connectivity index (χ0v) is 25.0. The number of aromatic nitrogens is 4. The highest BCUT2D eigenvalue weighted by atomic mass is 19.4. The van der Waals surface area contributed by atoms with E-state index in [0.29, 0.717) is 30.0 Å². The third-order valence-electron chi connectivity index (χ3n) is 7.46. The topological polar surface area (TPSA) is 93.9 Å². The molecule has 10 nitrogen and oxygen atoms in total. The molecule has 0 spiro atoms. The van der Waals surface area contributed by atoms with E-state index in [4.69, 9.17) is 0 Å². The summed E-state index contributed by atoms with van der Waals surface area (Å²) in [6.45, 7) is 8.09. The summed E-state index contributed by atoms with van der Waals surface area (Å²) in [6, 6.07) is 8.49. The van der Waals surface area contributed by atoms with Crippen molar-refractivity contribution in [2.75, 3.05) is 62.4 Å². The molecule has 0 bridgehead atoms. The second-order valence-corrected chi connectivity index (χ2v) is 10.8. The summed E-state index contributed by atoms with van der Waals surface area (Å²) in [4.78, 5) is 27.5. The molecule has 1 aliphatic rings. The maximum absolute atomic E-state index is 14.0. The number of rotatable bonds is 6. The molecule has 1 aromatic carbocycles. The Morgan fingerprint density at radius 2 is 1.73 bits per heavy atom. The Kier molecular flexibility index (Phi) is 9.03. The fourth-order valence-corrected chi connectivity index (χ4v) is 4.88. The Balaban J connectivity index is 1.28. The van der Waals surface area contributed by atoms with Gasteiger partial charge in [-0.3, -0.25) is 10.2 Å². The molecule has 44 heavy (non-hydrogen) atoms. The first kappa shape index (κ1) is 30.8. The van der Waals surface area contributed by atoms with Crippen LogP contribution < -0.4 is 15.5 Å². The average Bonchev–Trinajstić information content (AvgIpc) is 3.40. The van der Waals surface area contributed by atoms with Crippen molar-refractivity contribution < 1.29 is 18.0 Å². The predicted molar refractivity (Wildman–Crippen MR) is 164 cm³/mol. The number of alkyl halides is 3. The maximum Gasteiger partial charge on any atom is 0.416 e. The van der Waals surface area contributed by atoms with Crippen LogP contribution in [0, 0.1) is 18.8 Å². The molecule has 0 unspecified atom stereocenters. The van der Waals surface area contributed by atoms with Crippen molar-refractivity contribution in [3.63, 3.8) is 0 Å². The van der Waals surface area contributed by atoms with Crippen molar-refractivity contribution in [3.8, 4) is 11.8 Å². The Morgan fingerprint density at radius 3 is 2.43 bits per heavy atom. The Labute approximate surface area is 253 Å². The van der Waals surface area contributed by atoms with E-state index in [1.165, 1.54) is 12.1 Å². The van der Waals surface area contributed by atoms with Crippen LogP contribution in [0.3, 0.4) is 0 Å². The summed E-state index contributed by atoms with van der Waals surface area (Å²) in [5.74, 6) is 7.10. The van der Waals surface area contributed by atoms with Crippen LogP contribution in [0.15, 0.2) is 48.8 Å². The van der Waals surface area contributed by atoms with Crippen LogP contribution in [0.25, 0.3) is 5.65 Å². The van der Waals surface area contributed by atoms with E-state index in [1.54, 1.807) is 23.0 Å². The number of anilines is 3. The Morgan fingerprint density at radius 1 is 0.977 bits per heavy atom. The number of benzene rings is 1. The third kappa shape index (κ3) is 7.27. The number of pyridine rings is 1. The van der Waals surface area contributed by atoms with Gasteiger partial charge in [0, 0.05) is 64.3 Å². The molecule has 0 radical (unpaired) electrons. The third-order valence-corrected chi connectivity index (χ3v) is 7.46. The quantitative estimate of drug-likeness (QED) is 0.308. The van der Waals surface area contributed by atoms with Gasteiger partial charge in [0.15, 0.2) is 5.65 Å². The number of carbonyl (C=O) groups excluding carboxylic acids is 1. The van der Waals surface area contributed by atoms with Crippen molar-refractivity contribution in [3.05, 3.63) is 76.7 Å². The molecule has 13 heteroatoms. The van der Waals surface area contributed by atoms with Gasteiger partial charge in [-0.05, 0) is 60.8 Å². The number of nitrogens with one attached hydrogen (secondary N) is 2. The molecule has 0 atom stereocenters. The average molecular weight is 606 g/mol. The van der Waals surface area contributed by atoms with E-state index in [1.807, 2.05) is 43.0 Å². The van der Waals surface area contributed by atoms with Gasteiger partial charge < -0.3 is 15.1 Å². The number of carbonyl (C=O) groups is 1. The second kappa shape index (κ2) is 12.9. The molecule has 0 aliphatic carbocycles. The van der Waals surface area contributed by atoms with Crippen LogP contribution in [0.5, 0.6) is 0 Å².